The van der Waals surface area contributed by atoms with Crippen molar-refractivity contribution in [3.63, 3.8) is 0 Å². The summed E-state index contributed by atoms with van der Waals surface area (Å²) in [6, 6.07) is 13.6. The minimum absolute atomic E-state index is 0.0230. The van der Waals surface area contributed by atoms with Gasteiger partial charge in [0.05, 0.1) is 26.6 Å². The standard InChI is InChI=1S/C21H27NO4S/c1-15(27-17-11-12-19(25-3)20(14-17)26-4)21(23)22-13-7-9-16-8-5-6-10-18(16)24-2/h5-6,8,10-12,14-15H,7,9,13H2,1-4H3,(H,22,23)/t15-/m0/s1. The molecule has 1 N–H and O–H groups in total. The number of ether oxygens (including phenoxy) is 3. The minimum Gasteiger partial charge on any atom is -0.496 e. The molecule has 0 aliphatic carbocycles. The Kier molecular flexibility index (Phi) is 8.33. The zero-order chi connectivity index (χ0) is 19.6. The highest BCUT2D eigenvalue weighted by Gasteiger charge is 2.15. The van der Waals surface area contributed by atoms with E-state index in [1.165, 1.54) is 11.8 Å². The van der Waals surface area contributed by atoms with Crippen LogP contribution in [0.4, 0.5) is 0 Å². The molecule has 5 nitrogen and oxygen atoms in total. The van der Waals surface area contributed by atoms with E-state index >= 15 is 0 Å². The molecule has 0 aromatic heterocycles. The number of nitrogens with one attached hydrogen (secondary N) is 1. The van der Waals surface area contributed by atoms with Crippen LogP contribution < -0.4 is 19.5 Å². The van der Waals surface area contributed by atoms with Crippen molar-refractivity contribution in [1.82, 2.24) is 5.32 Å². The predicted octanol–water partition coefficient (Wildman–Crippen LogP) is 3.94. The van der Waals surface area contributed by atoms with Crippen molar-refractivity contribution < 1.29 is 19.0 Å². The van der Waals surface area contributed by atoms with Gasteiger partial charge in [0.15, 0.2) is 11.5 Å². The Hall–Kier alpha value is -2.34. The third-order valence-corrected chi connectivity index (χ3v) is 5.25. The van der Waals surface area contributed by atoms with Crippen LogP contribution in [0, 0.1) is 0 Å². The van der Waals surface area contributed by atoms with E-state index in [0.717, 1.165) is 29.1 Å². The van der Waals surface area contributed by atoms with Crippen molar-refractivity contribution in [2.24, 2.45) is 0 Å². The van der Waals surface area contributed by atoms with Crippen LogP contribution in [-0.4, -0.2) is 39.0 Å². The molecule has 146 valence electrons. The first-order valence-electron chi connectivity index (χ1n) is 8.87. The van der Waals surface area contributed by atoms with Crippen LogP contribution in [0.1, 0.15) is 18.9 Å². The van der Waals surface area contributed by atoms with Crippen molar-refractivity contribution in [3.05, 3.63) is 48.0 Å². The number of hydrogen-bond acceptors (Lipinski definition) is 5. The van der Waals surface area contributed by atoms with Gasteiger partial charge >= 0.3 is 0 Å². The molecule has 2 aromatic carbocycles. The minimum atomic E-state index is -0.200. The third kappa shape index (κ3) is 6.10. The molecular formula is C21H27NO4S. The largest absolute Gasteiger partial charge is 0.496 e. The summed E-state index contributed by atoms with van der Waals surface area (Å²) in [7, 11) is 4.88. The van der Waals surface area contributed by atoms with Gasteiger partial charge in [0.2, 0.25) is 5.91 Å². The number of amides is 1. The number of methoxy groups -OCH3 is 3. The van der Waals surface area contributed by atoms with E-state index in [2.05, 4.69) is 11.4 Å². The Morgan fingerprint density at radius 2 is 1.70 bits per heavy atom. The van der Waals surface area contributed by atoms with Crippen molar-refractivity contribution in [2.45, 2.75) is 29.9 Å². The maximum absolute atomic E-state index is 12.3. The molecule has 27 heavy (non-hydrogen) atoms. The molecule has 0 aliphatic heterocycles. The molecule has 0 spiro atoms. The molecule has 0 aliphatic rings. The van der Waals surface area contributed by atoms with Crippen LogP contribution in [0.5, 0.6) is 17.2 Å². The zero-order valence-corrected chi connectivity index (χ0v) is 17.1. The van der Waals surface area contributed by atoms with Gasteiger partial charge in [-0.2, -0.15) is 0 Å². The van der Waals surface area contributed by atoms with Gasteiger partial charge in [-0.15, -0.1) is 11.8 Å². The molecule has 0 unspecified atom stereocenters. The number of rotatable bonds is 10. The number of aryl methyl sites for hydroxylation is 1. The Morgan fingerprint density at radius 1 is 1.00 bits per heavy atom. The first-order chi connectivity index (χ1) is 13.1. The highest BCUT2D eigenvalue weighted by atomic mass is 32.2. The van der Waals surface area contributed by atoms with Gasteiger partial charge in [0.1, 0.15) is 5.75 Å². The third-order valence-electron chi connectivity index (χ3n) is 4.15. The lowest BCUT2D eigenvalue weighted by Crippen LogP contribution is -2.31. The molecule has 0 radical (unpaired) electrons. The molecular weight excluding hydrogens is 362 g/mol. The second-order valence-electron chi connectivity index (χ2n) is 5.98. The fraction of sp³-hybridized carbons (Fsp3) is 0.381. The molecule has 2 aromatic rings. The average Bonchev–Trinajstić information content (AvgIpc) is 2.71. The zero-order valence-electron chi connectivity index (χ0n) is 16.3. The van der Waals surface area contributed by atoms with E-state index in [1.54, 1.807) is 21.3 Å². The number of para-hydroxylation sites is 1. The highest BCUT2D eigenvalue weighted by Crippen LogP contribution is 2.33. The van der Waals surface area contributed by atoms with Gasteiger partial charge in [0, 0.05) is 11.4 Å². The van der Waals surface area contributed by atoms with E-state index in [1.807, 2.05) is 43.3 Å². The summed E-state index contributed by atoms with van der Waals surface area (Å²) in [5.41, 5.74) is 1.15. The first kappa shape index (κ1) is 21.0. The maximum atomic E-state index is 12.3. The maximum Gasteiger partial charge on any atom is 0.233 e. The average molecular weight is 390 g/mol. The van der Waals surface area contributed by atoms with E-state index < -0.39 is 0 Å². The van der Waals surface area contributed by atoms with Crippen LogP contribution >= 0.6 is 11.8 Å². The highest BCUT2D eigenvalue weighted by molar-refractivity contribution is 8.00. The summed E-state index contributed by atoms with van der Waals surface area (Å²) in [4.78, 5) is 13.3. The molecule has 0 heterocycles. The van der Waals surface area contributed by atoms with Crippen molar-refractivity contribution in [3.8, 4) is 17.2 Å². The molecule has 0 saturated heterocycles. The lowest BCUT2D eigenvalue weighted by molar-refractivity contribution is -0.120. The number of carbonyl (C=O) groups is 1. The lowest BCUT2D eigenvalue weighted by Gasteiger charge is -2.14. The molecule has 6 heteroatoms. The molecule has 0 bridgehead atoms. The number of hydrogen-bond donors (Lipinski definition) is 1. The molecule has 0 fully saturated rings. The van der Waals surface area contributed by atoms with Gasteiger partial charge in [-0.05, 0) is 49.6 Å². The molecule has 1 amide bonds. The van der Waals surface area contributed by atoms with Gasteiger partial charge in [-0.1, -0.05) is 18.2 Å². The summed E-state index contributed by atoms with van der Waals surface area (Å²) in [6.45, 7) is 2.53. The lowest BCUT2D eigenvalue weighted by atomic mass is 10.1. The number of benzene rings is 2. The summed E-state index contributed by atoms with van der Waals surface area (Å²) in [6.07, 6.45) is 1.72. The van der Waals surface area contributed by atoms with E-state index in [4.69, 9.17) is 14.2 Å². The summed E-state index contributed by atoms with van der Waals surface area (Å²) < 4.78 is 15.9. The Balaban J connectivity index is 1.80. The Bertz CT molecular complexity index is 751. The van der Waals surface area contributed by atoms with Crippen LogP contribution in [-0.2, 0) is 11.2 Å². The second kappa shape index (κ2) is 10.7. The van der Waals surface area contributed by atoms with Crippen LogP contribution in [0.25, 0.3) is 0 Å². The Labute approximate surface area is 165 Å². The number of thioether (sulfide) groups is 1. The van der Waals surface area contributed by atoms with Crippen molar-refractivity contribution in [1.29, 1.82) is 0 Å². The smallest absolute Gasteiger partial charge is 0.233 e. The molecule has 1 atom stereocenters. The van der Waals surface area contributed by atoms with Gasteiger partial charge in [-0.25, -0.2) is 0 Å². The van der Waals surface area contributed by atoms with Crippen LogP contribution in [0.3, 0.4) is 0 Å². The fourth-order valence-electron chi connectivity index (χ4n) is 2.69. The summed E-state index contributed by atoms with van der Waals surface area (Å²) >= 11 is 1.49. The van der Waals surface area contributed by atoms with Crippen LogP contribution in [0.15, 0.2) is 47.4 Å². The number of carbonyl (C=O) groups excluding carboxylic acids is 1. The molecule has 0 saturated carbocycles. The monoisotopic (exact) mass is 389 g/mol. The normalized spacial score (nSPS) is 11.6. The van der Waals surface area contributed by atoms with E-state index in [9.17, 15) is 4.79 Å². The van der Waals surface area contributed by atoms with Crippen LogP contribution in [0.2, 0.25) is 0 Å². The van der Waals surface area contributed by atoms with Gasteiger partial charge < -0.3 is 19.5 Å². The van der Waals surface area contributed by atoms with Gasteiger partial charge in [0.25, 0.3) is 0 Å². The van der Waals surface area contributed by atoms with E-state index in [0.29, 0.717) is 18.0 Å². The Morgan fingerprint density at radius 3 is 2.41 bits per heavy atom. The van der Waals surface area contributed by atoms with Crippen molar-refractivity contribution in [2.75, 3.05) is 27.9 Å². The second-order valence-corrected chi connectivity index (χ2v) is 7.40. The van der Waals surface area contributed by atoms with E-state index in [-0.39, 0.29) is 11.2 Å². The topological polar surface area (TPSA) is 56.8 Å². The van der Waals surface area contributed by atoms with Gasteiger partial charge in [-0.3, -0.25) is 4.79 Å². The quantitative estimate of drug-likeness (QED) is 0.493. The summed E-state index contributed by atoms with van der Waals surface area (Å²) in [5.74, 6) is 2.25. The fourth-order valence-corrected chi connectivity index (χ4v) is 3.61. The van der Waals surface area contributed by atoms with Crippen molar-refractivity contribution >= 4 is 17.7 Å². The SMILES string of the molecule is COc1ccccc1CCCNC(=O)[C@H](C)Sc1ccc(OC)c(OC)c1. The summed E-state index contributed by atoms with van der Waals surface area (Å²) in [5, 5.41) is 2.81. The first-order valence-corrected chi connectivity index (χ1v) is 9.75. The predicted molar refractivity (Wildman–Crippen MR) is 109 cm³/mol. The molecule has 2 rings (SSSR count).